The number of halogens is 1. The van der Waals surface area contributed by atoms with Crippen LogP contribution in [0.2, 0.25) is 5.02 Å². The predicted molar refractivity (Wildman–Crippen MR) is 104 cm³/mol. The zero-order valence-corrected chi connectivity index (χ0v) is 15.6. The van der Waals surface area contributed by atoms with Crippen LogP contribution in [-0.2, 0) is 4.79 Å². The van der Waals surface area contributed by atoms with E-state index >= 15 is 0 Å². The van der Waals surface area contributed by atoms with Gasteiger partial charge in [-0.3, -0.25) is 14.4 Å². The minimum atomic E-state index is -0.489. The first-order valence-electron chi connectivity index (χ1n) is 8.97. The number of rotatable bonds is 5. The van der Waals surface area contributed by atoms with E-state index < -0.39 is 11.7 Å². The number of hydrogen-bond acceptors (Lipinski definition) is 3. The summed E-state index contributed by atoms with van der Waals surface area (Å²) in [4.78, 5) is 38.8. The van der Waals surface area contributed by atoms with Gasteiger partial charge in [-0.1, -0.05) is 54.1 Å². The van der Waals surface area contributed by atoms with E-state index in [-0.39, 0.29) is 11.8 Å². The second kappa shape index (κ2) is 8.82. The molecule has 1 aliphatic heterocycles. The van der Waals surface area contributed by atoms with Crippen LogP contribution >= 0.6 is 11.6 Å². The third kappa shape index (κ3) is 4.74. The van der Waals surface area contributed by atoms with Crippen molar-refractivity contribution in [2.45, 2.75) is 12.8 Å². The molecule has 3 rings (SSSR count). The van der Waals surface area contributed by atoms with E-state index in [2.05, 4.69) is 5.32 Å². The molecule has 2 aromatic rings. The largest absolute Gasteiger partial charge is 0.352 e. The number of hydrogen-bond donors (Lipinski definition) is 1. The first kappa shape index (κ1) is 19.1. The van der Waals surface area contributed by atoms with Gasteiger partial charge in [-0.2, -0.15) is 0 Å². The van der Waals surface area contributed by atoms with E-state index in [1.54, 1.807) is 59.5 Å². The van der Waals surface area contributed by atoms with Crippen molar-refractivity contribution in [3.63, 3.8) is 0 Å². The molecule has 6 heteroatoms. The van der Waals surface area contributed by atoms with Crippen LogP contribution in [0.15, 0.2) is 54.6 Å². The van der Waals surface area contributed by atoms with E-state index in [0.29, 0.717) is 35.8 Å². The topological polar surface area (TPSA) is 66.5 Å². The number of Topliss-reactive ketones (excluding diaryl/α,β-unsaturated/α-hetero) is 1. The summed E-state index contributed by atoms with van der Waals surface area (Å²) in [5.41, 5.74) is 0.832. The number of benzene rings is 2. The molecule has 0 saturated carbocycles. The molecule has 5 nitrogen and oxygen atoms in total. The van der Waals surface area contributed by atoms with Crippen LogP contribution in [0.1, 0.15) is 33.6 Å². The summed E-state index contributed by atoms with van der Waals surface area (Å²) in [5, 5.41) is 3.29. The fraction of sp³-hybridized carbons (Fsp3) is 0.286. The molecule has 1 saturated heterocycles. The molecule has 1 heterocycles. The normalized spacial score (nSPS) is 16.6. The summed E-state index contributed by atoms with van der Waals surface area (Å²) in [6.07, 6.45) is 1.70. The fourth-order valence-corrected chi connectivity index (χ4v) is 3.47. The Kier molecular flexibility index (Phi) is 6.24. The molecular weight excluding hydrogens is 364 g/mol. The molecule has 0 aromatic heterocycles. The maximum absolute atomic E-state index is 12.5. The number of likely N-dealkylation sites (tertiary alicyclic amines) is 1. The van der Waals surface area contributed by atoms with Gasteiger partial charge < -0.3 is 10.2 Å². The Bertz CT molecular complexity index is 838. The first-order chi connectivity index (χ1) is 13.1. The van der Waals surface area contributed by atoms with Gasteiger partial charge in [0, 0.05) is 25.2 Å². The van der Waals surface area contributed by atoms with Gasteiger partial charge in [0.05, 0.1) is 10.6 Å². The second-order valence-corrected chi connectivity index (χ2v) is 7.05. The number of nitrogens with zero attached hydrogens (tertiary/aromatic N) is 1. The molecule has 1 N–H and O–H groups in total. The number of nitrogens with one attached hydrogen (secondary N) is 1. The lowest BCUT2D eigenvalue weighted by atomic mass is 9.97. The molecule has 0 bridgehead atoms. The number of ketones is 1. The summed E-state index contributed by atoms with van der Waals surface area (Å²) >= 11 is 6.05. The van der Waals surface area contributed by atoms with E-state index in [0.717, 1.165) is 12.8 Å². The number of carbonyl (C=O) groups is 3. The van der Waals surface area contributed by atoms with Gasteiger partial charge in [-0.05, 0) is 30.9 Å². The predicted octanol–water partition coefficient (Wildman–Crippen LogP) is 3.19. The smallest absolute Gasteiger partial charge is 0.294 e. The minimum absolute atomic E-state index is 0.109. The van der Waals surface area contributed by atoms with Gasteiger partial charge >= 0.3 is 0 Å². The molecule has 1 atom stereocenters. The molecular formula is C21H21ClN2O3. The highest BCUT2D eigenvalue weighted by Gasteiger charge is 2.28. The molecule has 1 aliphatic rings. The van der Waals surface area contributed by atoms with Crippen LogP contribution < -0.4 is 5.32 Å². The average molecular weight is 385 g/mol. The third-order valence-corrected chi connectivity index (χ3v) is 5.04. The van der Waals surface area contributed by atoms with Gasteiger partial charge in [0.25, 0.3) is 11.8 Å². The van der Waals surface area contributed by atoms with Crippen molar-refractivity contribution >= 4 is 29.2 Å². The fourth-order valence-electron chi connectivity index (χ4n) is 3.25. The van der Waals surface area contributed by atoms with Crippen LogP contribution in [-0.4, -0.2) is 42.1 Å². The van der Waals surface area contributed by atoms with Crippen LogP contribution in [0.3, 0.4) is 0 Å². The zero-order chi connectivity index (χ0) is 19.2. The molecule has 140 valence electrons. The maximum Gasteiger partial charge on any atom is 0.294 e. The lowest BCUT2D eigenvalue weighted by Crippen LogP contribution is -2.46. The highest BCUT2D eigenvalue weighted by Crippen LogP contribution is 2.18. The van der Waals surface area contributed by atoms with Crippen molar-refractivity contribution < 1.29 is 14.4 Å². The average Bonchev–Trinajstić information content (AvgIpc) is 2.72. The van der Waals surface area contributed by atoms with E-state index in [9.17, 15) is 14.4 Å². The minimum Gasteiger partial charge on any atom is -0.352 e. The van der Waals surface area contributed by atoms with Gasteiger partial charge in [0.2, 0.25) is 5.78 Å². The lowest BCUT2D eigenvalue weighted by molar-refractivity contribution is -0.128. The van der Waals surface area contributed by atoms with Crippen molar-refractivity contribution in [3.05, 3.63) is 70.7 Å². The second-order valence-electron chi connectivity index (χ2n) is 6.64. The molecule has 1 fully saturated rings. The zero-order valence-electron chi connectivity index (χ0n) is 14.9. The van der Waals surface area contributed by atoms with Crippen LogP contribution in [0.4, 0.5) is 0 Å². The standard InChI is InChI=1S/C21H21ClN2O3/c22-18-11-5-4-10-17(18)20(26)23-13-15-7-6-12-24(14-15)21(27)19(25)16-8-2-1-3-9-16/h1-5,8-11,15H,6-7,12-14H2,(H,23,26)/t15-/m0/s1. The molecule has 27 heavy (non-hydrogen) atoms. The van der Waals surface area contributed by atoms with E-state index in [1.807, 2.05) is 0 Å². The van der Waals surface area contributed by atoms with Gasteiger partial charge in [-0.15, -0.1) is 0 Å². The van der Waals surface area contributed by atoms with Crippen LogP contribution in [0.25, 0.3) is 0 Å². The maximum atomic E-state index is 12.5. The highest BCUT2D eigenvalue weighted by molar-refractivity contribution is 6.42. The monoisotopic (exact) mass is 384 g/mol. The Balaban J connectivity index is 1.56. The highest BCUT2D eigenvalue weighted by atomic mass is 35.5. The van der Waals surface area contributed by atoms with Gasteiger partial charge in [-0.25, -0.2) is 0 Å². The van der Waals surface area contributed by atoms with Gasteiger partial charge in [0.1, 0.15) is 0 Å². The SMILES string of the molecule is O=C(C(=O)N1CCC[C@@H](CNC(=O)c2ccccc2Cl)C1)c1ccccc1. The summed E-state index contributed by atoms with van der Waals surface area (Å²) in [7, 11) is 0. The number of piperidine rings is 1. The summed E-state index contributed by atoms with van der Waals surface area (Å²) in [5.74, 6) is -1.10. The summed E-state index contributed by atoms with van der Waals surface area (Å²) in [6, 6.07) is 15.5. The number of carbonyl (C=O) groups excluding carboxylic acids is 3. The quantitative estimate of drug-likeness (QED) is 0.636. The van der Waals surface area contributed by atoms with Crippen molar-refractivity contribution in [1.82, 2.24) is 10.2 Å². The van der Waals surface area contributed by atoms with Crippen molar-refractivity contribution in [1.29, 1.82) is 0 Å². The van der Waals surface area contributed by atoms with E-state index in [4.69, 9.17) is 11.6 Å². The van der Waals surface area contributed by atoms with Crippen molar-refractivity contribution in [3.8, 4) is 0 Å². The Morgan fingerprint density at radius 3 is 2.48 bits per heavy atom. The summed E-state index contributed by atoms with van der Waals surface area (Å²) < 4.78 is 0. The lowest BCUT2D eigenvalue weighted by Gasteiger charge is -2.32. The molecule has 0 radical (unpaired) electrons. The van der Waals surface area contributed by atoms with E-state index in [1.165, 1.54) is 0 Å². The van der Waals surface area contributed by atoms with Crippen LogP contribution in [0.5, 0.6) is 0 Å². The van der Waals surface area contributed by atoms with Crippen molar-refractivity contribution in [2.75, 3.05) is 19.6 Å². The number of amides is 2. The molecule has 0 unspecified atom stereocenters. The Labute approximate surface area is 163 Å². The molecule has 0 spiro atoms. The molecule has 2 amide bonds. The molecule has 2 aromatic carbocycles. The Morgan fingerprint density at radius 1 is 1.04 bits per heavy atom. The van der Waals surface area contributed by atoms with Crippen LogP contribution in [0, 0.1) is 5.92 Å². The van der Waals surface area contributed by atoms with Gasteiger partial charge in [0.15, 0.2) is 0 Å². The Hall–Kier alpha value is -2.66. The molecule has 0 aliphatic carbocycles. The summed E-state index contributed by atoms with van der Waals surface area (Å²) in [6.45, 7) is 1.46. The third-order valence-electron chi connectivity index (χ3n) is 4.71. The first-order valence-corrected chi connectivity index (χ1v) is 9.35. The Morgan fingerprint density at radius 2 is 1.74 bits per heavy atom. The van der Waals surface area contributed by atoms with Crippen molar-refractivity contribution in [2.24, 2.45) is 5.92 Å².